The minimum absolute atomic E-state index is 0.132. The number of hydrogen-bond donors (Lipinski definition) is 2. The van der Waals surface area contributed by atoms with Crippen LogP contribution in [0.15, 0.2) is 74.7 Å². The first kappa shape index (κ1) is 21.0. The molecule has 0 bridgehead atoms. The Morgan fingerprint density at radius 2 is 1.82 bits per heavy atom. The third kappa shape index (κ3) is 5.65. The van der Waals surface area contributed by atoms with Gasteiger partial charge in [0.1, 0.15) is 10.3 Å². The summed E-state index contributed by atoms with van der Waals surface area (Å²) in [6.07, 6.45) is 0.207. The molecule has 5 nitrogen and oxygen atoms in total. The molecule has 0 saturated carbocycles. The number of halogens is 2. The Kier molecular flexibility index (Phi) is 6.90. The minimum Gasteiger partial charge on any atom is -0.325 e. The van der Waals surface area contributed by atoms with Gasteiger partial charge in [-0.2, -0.15) is 4.72 Å². The van der Waals surface area contributed by atoms with E-state index in [-0.39, 0.29) is 10.6 Å². The molecule has 0 aliphatic heterocycles. The number of rotatable bonds is 7. The van der Waals surface area contributed by atoms with Crippen molar-refractivity contribution < 1.29 is 13.2 Å². The fourth-order valence-electron chi connectivity index (χ4n) is 2.52. The van der Waals surface area contributed by atoms with E-state index in [0.29, 0.717) is 14.5 Å². The van der Waals surface area contributed by atoms with Crippen LogP contribution >= 0.6 is 38.9 Å². The summed E-state index contributed by atoms with van der Waals surface area (Å²) in [5.74, 6) is -0.467. The molecular formula is C19H16BrClN2O3S2. The lowest BCUT2D eigenvalue weighted by Gasteiger charge is -2.18. The van der Waals surface area contributed by atoms with Gasteiger partial charge in [0.15, 0.2) is 0 Å². The lowest BCUT2D eigenvalue weighted by Crippen LogP contribution is -2.45. The van der Waals surface area contributed by atoms with E-state index in [1.54, 1.807) is 30.3 Å². The molecule has 3 aromatic rings. The van der Waals surface area contributed by atoms with Crippen LogP contribution in [0.25, 0.3) is 0 Å². The number of carbonyl (C=O) groups excluding carboxylic acids is 1. The van der Waals surface area contributed by atoms with E-state index < -0.39 is 22.0 Å². The largest absolute Gasteiger partial charge is 0.325 e. The molecule has 1 amide bonds. The molecule has 1 heterocycles. The van der Waals surface area contributed by atoms with E-state index in [1.165, 1.54) is 6.07 Å². The molecular weight excluding hydrogens is 484 g/mol. The van der Waals surface area contributed by atoms with Gasteiger partial charge in [-0.05, 0) is 58.2 Å². The first-order valence-electron chi connectivity index (χ1n) is 8.21. The summed E-state index contributed by atoms with van der Waals surface area (Å²) in [6.45, 7) is 0. The van der Waals surface area contributed by atoms with Gasteiger partial charge in [-0.3, -0.25) is 4.79 Å². The van der Waals surface area contributed by atoms with Crippen molar-refractivity contribution in [2.45, 2.75) is 16.7 Å². The molecule has 0 aliphatic rings. The fraction of sp³-hybridized carbons (Fsp3) is 0.105. The molecule has 0 unspecified atom stereocenters. The van der Waals surface area contributed by atoms with Crippen LogP contribution in [-0.2, 0) is 21.2 Å². The maximum Gasteiger partial charge on any atom is 0.250 e. The summed E-state index contributed by atoms with van der Waals surface area (Å²) in [7, 11) is -3.85. The number of anilines is 1. The van der Waals surface area contributed by atoms with Crippen LogP contribution in [0.1, 0.15) is 5.56 Å². The average molecular weight is 500 g/mol. The second-order valence-corrected chi connectivity index (χ2v) is 10.8. The number of nitrogens with one attached hydrogen (secondary N) is 2. The smallest absolute Gasteiger partial charge is 0.250 e. The molecule has 28 heavy (non-hydrogen) atoms. The Labute approximate surface area is 180 Å². The van der Waals surface area contributed by atoms with Crippen molar-refractivity contribution in [1.82, 2.24) is 4.72 Å². The van der Waals surface area contributed by atoms with E-state index in [0.717, 1.165) is 16.9 Å². The number of hydrogen-bond acceptors (Lipinski definition) is 4. The van der Waals surface area contributed by atoms with Crippen LogP contribution in [0.4, 0.5) is 5.69 Å². The second-order valence-electron chi connectivity index (χ2n) is 5.92. The lowest BCUT2D eigenvalue weighted by molar-refractivity contribution is -0.117. The molecule has 2 aromatic carbocycles. The molecule has 146 valence electrons. The zero-order valence-electron chi connectivity index (χ0n) is 14.4. The fourth-order valence-corrected chi connectivity index (χ4v) is 5.93. The van der Waals surface area contributed by atoms with Crippen molar-refractivity contribution in [2.24, 2.45) is 0 Å². The first-order valence-corrected chi connectivity index (χ1v) is 11.7. The Morgan fingerprint density at radius 3 is 2.46 bits per heavy atom. The highest BCUT2D eigenvalue weighted by Gasteiger charge is 2.27. The van der Waals surface area contributed by atoms with Gasteiger partial charge < -0.3 is 5.32 Å². The maximum atomic E-state index is 12.9. The van der Waals surface area contributed by atoms with Crippen LogP contribution in [0.5, 0.6) is 0 Å². The predicted octanol–water partition coefficient (Wildman–Crippen LogP) is 4.69. The van der Waals surface area contributed by atoms with Crippen molar-refractivity contribution >= 4 is 60.5 Å². The number of thiophene rings is 1. The Morgan fingerprint density at radius 1 is 1.07 bits per heavy atom. The van der Waals surface area contributed by atoms with E-state index in [1.807, 2.05) is 30.3 Å². The SMILES string of the molecule is O=C(Nc1cccc(Cl)c1)[C@H](Cc1ccccc1)NS(=O)(=O)c1ccc(Br)s1. The number of amides is 1. The van der Waals surface area contributed by atoms with Crippen LogP contribution in [0.3, 0.4) is 0 Å². The average Bonchev–Trinajstić information content (AvgIpc) is 3.09. The molecule has 0 aliphatic carbocycles. The number of carbonyl (C=O) groups is 1. The standard InChI is InChI=1S/C19H16BrClN2O3S2/c20-17-9-10-18(27-17)28(25,26)23-16(11-13-5-2-1-3-6-13)19(24)22-15-8-4-7-14(21)12-15/h1-10,12,16,23H,11H2,(H,22,24)/t16-/m0/s1. The molecule has 0 radical (unpaired) electrons. The first-order chi connectivity index (χ1) is 13.3. The zero-order chi connectivity index (χ0) is 20.1. The topological polar surface area (TPSA) is 75.3 Å². The summed E-state index contributed by atoms with van der Waals surface area (Å²) in [5, 5.41) is 3.20. The van der Waals surface area contributed by atoms with Gasteiger partial charge in [-0.15, -0.1) is 11.3 Å². The van der Waals surface area contributed by atoms with Gasteiger partial charge in [0, 0.05) is 10.7 Å². The second kappa shape index (κ2) is 9.19. The summed E-state index contributed by atoms with van der Waals surface area (Å²) >= 11 is 10.3. The molecule has 9 heteroatoms. The highest BCUT2D eigenvalue weighted by Crippen LogP contribution is 2.26. The van der Waals surface area contributed by atoms with Crippen molar-refractivity contribution in [2.75, 3.05) is 5.32 Å². The van der Waals surface area contributed by atoms with E-state index in [2.05, 4.69) is 26.0 Å². The Balaban J connectivity index is 1.85. The third-order valence-electron chi connectivity index (χ3n) is 3.80. The third-order valence-corrected chi connectivity index (χ3v) is 7.62. The molecule has 0 fully saturated rings. The summed E-state index contributed by atoms with van der Waals surface area (Å²) in [5.41, 5.74) is 1.33. The highest BCUT2D eigenvalue weighted by atomic mass is 79.9. The van der Waals surface area contributed by atoms with Crippen LogP contribution in [-0.4, -0.2) is 20.4 Å². The van der Waals surface area contributed by atoms with E-state index in [4.69, 9.17) is 11.6 Å². The number of sulfonamides is 1. The van der Waals surface area contributed by atoms with E-state index in [9.17, 15) is 13.2 Å². The van der Waals surface area contributed by atoms with Gasteiger partial charge in [0.05, 0.1) is 3.79 Å². The van der Waals surface area contributed by atoms with Gasteiger partial charge in [-0.25, -0.2) is 8.42 Å². The van der Waals surface area contributed by atoms with E-state index >= 15 is 0 Å². The molecule has 2 N–H and O–H groups in total. The lowest BCUT2D eigenvalue weighted by atomic mass is 10.1. The van der Waals surface area contributed by atoms with Gasteiger partial charge >= 0.3 is 0 Å². The van der Waals surface area contributed by atoms with Gasteiger partial charge in [0.25, 0.3) is 10.0 Å². The zero-order valence-corrected chi connectivity index (χ0v) is 18.4. The van der Waals surface area contributed by atoms with Crippen molar-refractivity contribution in [3.63, 3.8) is 0 Å². The quantitative estimate of drug-likeness (QED) is 0.495. The van der Waals surface area contributed by atoms with Crippen molar-refractivity contribution in [1.29, 1.82) is 0 Å². The molecule has 1 aromatic heterocycles. The maximum absolute atomic E-state index is 12.9. The van der Waals surface area contributed by atoms with Crippen LogP contribution in [0, 0.1) is 0 Å². The normalized spacial score (nSPS) is 12.5. The summed E-state index contributed by atoms with van der Waals surface area (Å²) in [6, 6.07) is 18.1. The van der Waals surface area contributed by atoms with Crippen molar-refractivity contribution in [3.8, 4) is 0 Å². The minimum atomic E-state index is -3.85. The van der Waals surface area contributed by atoms with Gasteiger partial charge in [-0.1, -0.05) is 48.0 Å². The Hall–Kier alpha value is -1.71. The molecule has 3 rings (SSSR count). The summed E-state index contributed by atoms with van der Waals surface area (Å²) in [4.78, 5) is 12.9. The monoisotopic (exact) mass is 498 g/mol. The van der Waals surface area contributed by atoms with Gasteiger partial charge in [0.2, 0.25) is 5.91 Å². The summed E-state index contributed by atoms with van der Waals surface area (Å²) < 4.78 is 28.8. The van der Waals surface area contributed by atoms with Crippen LogP contribution < -0.4 is 10.0 Å². The number of benzene rings is 2. The van der Waals surface area contributed by atoms with Crippen LogP contribution in [0.2, 0.25) is 5.02 Å². The predicted molar refractivity (Wildman–Crippen MR) is 116 cm³/mol. The highest BCUT2D eigenvalue weighted by molar-refractivity contribution is 9.11. The van der Waals surface area contributed by atoms with Crippen molar-refractivity contribution in [3.05, 3.63) is 81.1 Å². The molecule has 1 atom stereocenters. The Bertz CT molecular complexity index is 1070. The molecule has 0 spiro atoms. The molecule has 0 saturated heterocycles.